The van der Waals surface area contributed by atoms with Gasteiger partial charge in [-0.15, -0.1) is 0 Å². The van der Waals surface area contributed by atoms with Crippen LogP contribution in [0.2, 0.25) is 0 Å². The summed E-state index contributed by atoms with van der Waals surface area (Å²) >= 11 is 0. The van der Waals surface area contributed by atoms with Crippen LogP contribution < -0.4 is 9.47 Å². The predicted molar refractivity (Wildman–Crippen MR) is 104 cm³/mol. The van der Waals surface area contributed by atoms with E-state index in [1.54, 1.807) is 14.2 Å². The van der Waals surface area contributed by atoms with Crippen LogP contribution in [-0.2, 0) is 4.79 Å². The van der Waals surface area contributed by atoms with Crippen LogP contribution in [0.3, 0.4) is 0 Å². The van der Waals surface area contributed by atoms with Gasteiger partial charge in [0, 0.05) is 24.2 Å². The van der Waals surface area contributed by atoms with Gasteiger partial charge >= 0.3 is 0 Å². The number of piperidine rings is 1. The molecule has 0 bridgehead atoms. The van der Waals surface area contributed by atoms with Gasteiger partial charge in [0.05, 0.1) is 14.2 Å². The minimum absolute atomic E-state index is 0.106. The molecule has 0 aliphatic carbocycles. The number of benzene rings is 2. The Bertz CT molecular complexity index is 763. The van der Waals surface area contributed by atoms with Gasteiger partial charge in [-0.25, -0.2) is 0 Å². The molecule has 3 rings (SSSR count). The Morgan fingerprint density at radius 3 is 1.50 bits per heavy atom. The molecule has 0 atom stereocenters. The van der Waals surface area contributed by atoms with Gasteiger partial charge < -0.3 is 9.47 Å². The van der Waals surface area contributed by atoms with Crippen molar-refractivity contribution in [2.75, 3.05) is 34.4 Å². The van der Waals surface area contributed by atoms with Crippen molar-refractivity contribution < 1.29 is 14.3 Å². The highest BCUT2D eigenvalue weighted by molar-refractivity contribution is 6.14. The standard InChI is InChI=1S/C22H23NO3/c1-23-14-18(12-16-4-8-20(25-2)9-5-16)22(24)19(15-23)13-17-6-10-21(26-3)11-7-17/h4-13H,14-15H2,1-3H3/b18-12-,19-13+. The van der Waals surface area contributed by atoms with Crippen LogP contribution in [0.1, 0.15) is 11.1 Å². The van der Waals surface area contributed by atoms with E-state index in [4.69, 9.17) is 9.47 Å². The number of ketones is 1. The van der Waals surface area contributed by atoms with Crippen LogP contribution >= 0.6 is 0 Å². The van der Waals surface area contributed by atoms with Crippen LogP contribution in [0.25, 0.3) is 12.2 Å². The summed E-state index contributed by atoms with van der Waals surface area (Å²) < 4.78 is 10.4. The quantitative estimate of drug-likeness (QED) is 0.789. The average Bonchev–Trinajstić information content (AvgIpc) is 2.66. The first kappa shape index (κ1) is 18.0. The van der Waals surface area contributed by atoms with E-state index in [0.29, 0.717) is 13.1 Å². The smallest absolute Gasteiger partial charge is 0.187 e. The van der Waals surface area contributed by atoms with E-state index >= 15 is 0 Å². The molecule has 0 unspecified atom stereocenters. The molecule has 4 nitrogen and oxygen atoms in total. The second-order valence-electron chi connectivity index (χ2n) is 6.39. The number of hydrogen-bond donors (Lipinski definition) is 0. The zero-order valence-electron chi connectivity index (χ0n) is 15.4. The topological polar surface area (TPSA) is 38.8 Å². The van der Waals surface area contributed by atoms with Gasteiger partial charge in [-0.3, -0.25) is 9.69 Å². The van der Waals surface area contributed by atoms with Crippen LogP contribution in [0.5, 0.6) is 11.5 Å². The van der Waals surface area contributed by atoms with Crippen molar-refractivity contribution in [1.82, 2.24) is 4.90 Å². The SMILES string of the molecule is COc1ccc(/C=C2/CN(C)C/C(=C\c3ccc(OC)cc3)C2=O)cc1. The molecule has 134 valence electrons. The van der Waals surface area contributed by atoms with Gasteiger partial charge in [0.2, 0.25) is 0 Å². The second kappa shape index (κ2) is 8.02. The fourth-order valence-electron chi connectivity index (χ4n) is 3.01. The summed E-state index contributed by atoms with van der Waals surface area (Å²) in [6, 6.07) is 15.4. The van der Waals surface area contributed by atoms with Crippen molar-refractivity contribution in [3.05, 3.63) is 70.8 Å². The number of carbonyl (C=O) groups excluding carboxylic acids is 1. The van der Waals surface area contributed by atoms with Crippen LogP contribution in [0.15, 0.2) is 59.7 Å². The third kappa shape index (κ3) is 4.21. The molecule has 0 spiro atoms. The van der Waals surface area contributed by atoms with Crippen LogP contribution in [0, 0.1) is 0 Å². The molecular formula is C22H23NO3. The molecular weight excluding hydrogens is 326 g/mol. The maximum Gasteiger partial charge on any atom is 0.187 e. The molecule has 0 aromatic heterocycles. The molecule has 2 aromatic carbocycles. The maximum atomic E-state index is 12.9. The summed E-state index contributed by atoms with van der Waals surface area (Å²) in [6.07, 6.45) is 3.92. The van der Waals surface area contributed by atoms with E-state index in [0.717, 1.165) is 33.8 Å². The predicted octanol–water partition coefficient (Wildman–Crippen LogP) is 3.69. The van der Waals surface area contributed by atoms with Gasteiger partial charge in [-0.1, -0.05) is 24.3 Å². The molecule has 0 amide bonds. The number of likely N-dealkylation sites (N-methyl/N-ethyl adjacent to an activating group) is 1. The van der Waals surface area contributed by atoms with Crippen LogP contribution in [-0.4, -0.2) is 45.0 Å². The molecule has 4 heteroatoms. The Kier molecular flexibility index (Phi) is 5.54. The third-order valence-electron chi connectivity index (χ3n) is 4.38. The molecule has 2 aromatic rings. The Balaban J connectivity index is 1.86. The largest absolute Gasteiger partial charge is 0.497 e. The lowest BCUT2D eigenvalue weighted by atomic mass is 9.94. The summed E-state index contributed by atoms with van der Waals surface area (Å²) in [6.45, 7) is 1.29. The highest BCUT2D eigenvalue weighted by atomic mass is 16.5. The first-order valence-corrected chi connectivity index (χ1v) is 8.51. The van der Waals surface area contributed by atoms with Crippen molar-refractivity contribution >= 4 is 17.9 Å². The fourth-order valence-corrected chi connectivity index (χ4v) is 3.01. The lowest BCUT2D eigenvalue weighted by molar-refractivity contribution is -0.113. The van der Waals surface area contributed by atoms with E-state index in [1.807, 2.05) is 67.7 Å². The highest BCUT2D eigenvalue weighted by Gasteiger charge is 2.23. The summed E-state index contributed by atoms with van der Waals surface area (Å²) in [7, 11) is 5.31. The molecule has 0 N–H and O–H groups in total. The van der Waals surface area contributed by atoms with Crippen molar-refractivity contribution in [1.29, 1.82) is 0 Å². The number of ether oxygens (including phenoxy) is 2. The lowest BCUT2D eigenvalue weighted by Gasteiger charge is -2.26. The first-order valence-electron chi connectivity index (χ1n) is 8.51. The van der Waals surface area contributed by atoms with Gasteiger partial charge in [0.15, 0.2) is 5.78 Å². The first-order chi connectivity index (χ1) is 12.6. The van der Waals surface area contributed by atoms with E-state index < -0.39 is 0 Å². The number of rotatable bonds is 4. The molecule has 0 saturated carbocycles. The van der Waals surface area contributed by atoms with Crippen molar-refractivity contribution in [2.45, 2.75) is 0 Å². The molecule has 0 radical (unpaired) electrons. The third-order valence-corrected chi connectivity index (χ3v) is 4.38. The summed E-state index contributed by atoms with van der Waals surface area (Å²) in [5, 5.41) is 0. The van der Waals surface area contributed by atoms with Crippen LogP contribution in [0.4, 0.5) is 0 Å². The van der Waals surface area contributed by atoms with Gasteiger partial charge in [0.1, 0.15) is 11.5 Å². The van der Waals surface area contributed by atoms with Gasteiger partial charge in [-0.05, 0) is 54.6 Å². The number of hydrogen-bond acceptors (Lipinski definition) is 4. The number of likely N-dealkylation sites (tertiary alicyclic amines) is 1. The van der Waals surface area contributed by atoms with Crippen molar-refractivity contribution in [3.8, 4) is 11.5 Å². The minimum Gasteiger partial charge on any atom is -0.497 e. The number of nitrogens with zero attached hydrogens (tertiary/aromatic N) is 1. The zero-order valence-corrected chi connectivity index (χ0v) is 15.4. The van der Waals surface area contributed by atoms with Gasteiger partial charge in [-0.2, -0.15) is 0 Å². The Morgan fingerprint density at radius 1 is 0.769 bits per heavy atom. The Hall–Kier alpha value is -2.85. The molecule has 1 fully saturated rings. The van der Waals surface area contributed by atoms with Gasteiger partial charge in [0.25, 0.3) is 0 Å². The zero-order chi connectivity index (χ0) is 18.5. The van der Waals surface area contributed by atoms with E-state index in [1.165, 1.54) is 0 Å². The normalized spacial score (nSPS) is 18.3. The highest BCUT2D eigenvalue weighted by Crippen LogP contribution is 2.23. The minimum atomic E-state index is 0.106. The molecule has 26 heavy (non-hydrogen) atoms. The average molecular weight is 349 g/mol. The molecule has 1 aliphatic rings. The molecule has 1 aliphatic heterocycles. The van der Waals surface area contributed by atoms with E-state index in [2.05, 4.69) is 4.90 Å². The Morgan fingerprint density at radius 2 is 1.15 bits per heavy atom. The van der Waals surface area contributed by atoms with E-state index in [-0.39, 0.29) is 5.78 Å². The summed E-state index contributed by atoms with van der Waals surface area (Å²) in [5.41, 5.74) is 3.58. The number of Topliss-reactive ketones (excluding diaryl/α,β-unsaturated/α-hetero) is 1. The maximum absolute atomic E-state index is 12.9. The number of carbonyl (C=O) groups is 1. The van der Waals surface area contributed by atoms with Crippen molar-refractivity contribution in [3.63, 3.8) is 0 Å². The lowest BCUT2D eigenvalue weighted by Crippen LogP contribution is -2.34. The van der Waals surface area contributed by atoms with Crippen molar-refractivity contribution in [2.24, 2.45) is 0 Å². The molecule has 1 heterocycles. The fraction of sp³-hybridized carbons (Fsp3) is 0.227. The summed E-state index contributed by atoms with van der Waals surface area (Å²) in [5.74, 6) is 1.72. The number of methoxy groups -OCH3 is 2. The van der Waals surface area contributed by atoms with E-state index in [9.17, 15) is 4.79 Å². The molecule has 1 saturated heterocycles. The monoisotopic (exact) mass is 349 g/mol. The second-order valence-corrected chi connectivity index (χ2v) is 6.39. The Labute approximate surface area is 154 Å². The summed E-state index contributed by atoms with van der Waals surface area (Å²) in [4.78, 5) is 15.1.